The van der Waals surface area contributed by atoms with Crippen LogP contribution in [-0.4, -0.2) is 56.4 Å². The van der Waals surface area contributed by atoms with Gasteiger partial charge in [-0.2, -0.15) is 5.10 Å². The molecule has 0 fully saturated rings. The SMILES string of the molecule is COc1ccc(-n2nc3c(c2NC(=O)C(=O)NCCCOC(C)C)CS(=O)(=O)C3)cc1. The lowest BCUT2D eigenvalue weighted by molar-refractivity contribution is -0.136. The van der Waals surface area contributed by atoms with Crippen LogP contribution in [0.1, 0.15) is 31.5 Å². The second-order valence-electron chi connectivity index (χ2n) is 7.40. The summed E-state index contributed by atoms with van der Waals surface area (Å²) in [6.45, 7) is 4.58. The van der Waals surface area contributed by atoms with E-state index in [2.05, 4.69) is 15.7 Å². The van der Waals surface area contributed by atoms with Gasteiger partial charge in [-0.15, -0.1) is 0 Å². The average Bonchev–Trinajstić information content (AvgIpc) is 3.19. The van der Waals surface area contributed by atoms with Gasteiger partial charge in [0.2, 0.25) is 0 Å². The van der Waals surface area contributed by atoms with Crippen molar-refractivity contribution in [3.8, 4) is 11.4 Å². The minimum atomic E-state index is -3.34. The molecule has 1 aromatic heterocycles. The van der Waals surface area contributed by atoms with Gasteiger partial charge in [-0.3, -0.25) is 9.59 Å². The topological polar surface area (TPSA) is 129 Å². The molecule has 0 radical (unpaired) electrons. The molecule has 0 spiro atoms. The molecule has 31 heavy (non-hydrogen) atoms. The third-order valence-electron chi connectivity index (χ3n) is 4.60. The summed E-state index contributed by atoms with van der Waals surface area (Å²) in [7, 11) is -1.80. The molecule has 0 atom stereocenters. The van der Waals surface area contributed by atoms with Gasteiger partial charge in [0.1, 0.15) is 11.6 Å². The van der Waals surface area contributed by atoms with Crippen molar-refractivity contribution in [2.24, 2.45) is 0 Å². The van der Waals surface area contributed by atoms with Gasteiger partial charge in [-0.1, -0.05) is 0 Å². The molecule has 2 aromatic rings. The fourth-order valence-electron chi connectivity index (χ4n) is 3.12. The molecule has 2 amide bonds. The summed E-state index contributed by atoms with van der Waals surface area (Å²) in [4.78, 5) is 24.7. The Kier molecular flexibility index (Phi) is 6.96. The number of aromatic nitrogens is 2. The van der Waals surface area contributed by atoms with Crippen molar-refractivity contribution in [1.29, 1.82) is 0 Å². The van der Waals surface area contributed by atoms with E-state index in [4.69, 9.17) is 9.47 Å². The maximum absolute atomic E-state index is 12.5. The highest BCUT2D eigenvalue weighted by Crippen LogP contribution is 2.33. The number of sulfone groups is 1. The Morgan fingerprint density at radius 2 is 1.87 bits per heavy atom. The van der Waals surface area contributed by atoms with Crippen LogP contribution >= 0.6 is 0 Å². The summed E-state index contributed by atoms with van der Waals surface area (Å²) in [6.07, 6.45) is 0.657. The molecule has 0 aliphatic carbocycles. The molecule has 168 valence electrons. The van der Waals surface area contributed by atoms with Crippen LogP contribution in [0.2, 0.25) is 0 Å². The minimum absolute atomic E-state index is 0.0932. The Labute approximate surface area is 180 Å². The Hall–Kier alpha value is -2.92. The molecule has 2 N–H and O–H groups in total. The summed E-state index contributed by atoms with van der Waals surface area (Å²) < 4.78 is 36.0. The zero-order valence-electron chi connectivity index (χ0n) is 17.7. The third-order valence-corrected chi connectivity index (χ3v) is 6.04. The number of carbonyl (C=O) groups excluding carboxylic acids is 2. The number of benzene rings is 1. The van der Waals surface area contributed by atoms with Crippen LogP contribution in [0.5, 0.6) is 5.75 Å². The van der Waals surface area contributed by atoms with E-state index in [1.807, 2.05) is 13.8 Å². The first-order valence-electron chi connectivity index (χ1n) is 9.86. The van der Waals surface area contributed by atoms with Gasteiger partial charge < -0.3 is 20.1 Å². The first-order chi connectivity index (χ1) is 14.7. The quantitative estimate of drug-likeness (QED) is 0.456. The molecule has 0 saturated heterocycles. The van der Waals surface area contributed by atoms with Crippen molar-refractivity contribution in [3.05, 3.63) is 35.5 Å². The van der Waals surface area contributed by atoms with E-state index in [0.717, 1.165) is 0 Å². The monoisotopic (exact) mass is 450 g/mol. The summed E-state index contributed by atoms with van der Waals surface area (Å²) >= 11 is 0. The smallest absolute Gasteiger partial charge is 0.314 e. The Morgan fingerprint density at radius 3 is 2.52 bits per heavy atom. The molecule has 11 heteroatoms. The number of rotatable bonds is 8. The number of nitrogens with zero attached hydrogens (tertiary/aromatic N) is 2. The van der Waals surface area contributed by atoms with E-state index in [0.29, 0.717) is 35.7 Å². The highest BCUT2D eigenvalue weighted by Gasteiger charge is 2.33. The molecule has 0 saturated carbocycles. The van der Waals surface area contributed by atoms with Crippen LogP contribution in [0.25, 0.3) is 5.69 Å². The predicted octanol–water partition coefficient (Wildman–Crippen LogP) is 1.18. The van der Waals surface area contributed by atoms with Crippen molar-refractivity contribution >= 4 is 27.5 Å². The number of fused-ring (bicyclic) bond motifs is 1. The van der Waals surface area contributed by atoms with Crippen molar-refractivity contribution in [3.63, 3.8) is 0 Å². The molecule has 0 bridgehead atoms. The van der Waals surface area contributed by atoms with Crippen LogP contribution in [0.15, 0.2) is 24.3 Å². The summed E-state index contributed by atoms with van der Waals surface area (Å²) in [6, 6.07) is 6.88. The van der Waals surface area contributed by atoms with Gasteiger partial charge in [0, 0.05) is 18.7 Å². The molecule has 1 aliphatic heterocycles. The van der Waals surface area contributed by atoms with E-state index in [1.165, 1.54) is 4.68 Å². The number of hydrogen-bond acceptors (Lipinski definition) is 7. The number of methoxy groups -OCH3 is 1. The summed E-state index contributed by atoms with van der Waals surface area (Å²) in [5.74, 6) is -1.37. The maximum atomic E-state index is 12.5. The fraction of sp³-hybridized carbons (Fsp3) is 0.450. The molecular weight excluding hydrogens is 424 g/mol. The Balaban J connectivity index is 1.76. The van der Waals surface area contributed by atoms with Crippen LogP contribution in [-0.2, 0) is 35.7 Å². The minimum Gasteiger partial charge on any atom is -0.497 e. The fourth-order valence-corrected chi connectivity index (χ4v) is 4.61. The number of hydrogen-bond donors (Lipinski definition) is 2. The standard InChI is InChI=1S/C20H26N4O6S/c1-13(2)30-10-4-9-21-19(25)20(26)22-18-16-11-31(27,28)12-17(16)23-24(18)14-5-7-15(29-3)8-6-14/h5-8,13H,4,9-12H2,1-3H3,(H,21,25)(H,22,26). The summed E-state index contributed by atoms with van der Waals surface area (Å²) in [5.41, 5.74) is 1.34. The van der Waals surface area contributed by atoms with Crippen LogP contribution in [0, 0.1) is 0 Å². The summed E-state index contributed by atoms with van der Waals surface area (Å²) in [5, 5.41) is 9.43. The van der Waals surface area contributed by atoms with E-state index >= 15 is 0 Å². The van der Waals surface area contributed by atoms with Gasteiger partial charge in [-0.25, -0.2) is 13.1 Å². The predicted molar refractivity (Wildman–Crippen MR) is 114 cm³/mol. The highest BCUT2D eigenvalue weighted by atomic mass is 32.2. The molecule has 1 aliphatic rings. The first-order valence-corrected chi connectivity index (χ1v) is 11.7. The number of ether oxygens (including phenoxy) is 2. The highest BCUT2D eigenvalue weighted by molar-refractivity contribution is 7.90. The Bertz CT molecular complexity index is 1060. The molecule has 0 unspecified atom stereocenters. The lowest BCUT2D eigenvalue weighted by Crippen LogP contribution is -2.37. The first kappa shape index (κ1) is 22.8. The molecule has 3 rings (SSSR count). The second-order valence-corrected chi connectivity index (χ2v) is 9.46. The van der Waals surface area contributed by atoms with Crippen LogP contribution < -0.4 is 15.4 Å². The van der Waals surface area contributed by atoms with Crippen LogP contribution in [0.4, 0.5) is 5.82 Å². The van der Waals surface area contributed by atoms with E-state index in [1.54, 1.807) is 31.4 Å². The normalized spacial score (nSPS) is 14.3. The van der Waals surface area contributed by atoms with Crippen molar-refractivity contribution in [2.45, 2.75) is 37.9 Å². The lowest BCUT2D eigenvalue weighted by atomic mass is 10.2. The molecular formula is C20H26N4O6S. The number of nitrogens with one attached hydrogen (secondary N) is 2. The Morgan fingerprint density at radius 1 is 1.16 bits per heavy atom. The van der Waals surface area contributed by atoms with E-state index in [9.17, 15) is 18.0 Å². The number of carbonyl (C=O) groups is 2. The van der Waals surface area contributed by atoms with Crippen molar-refractivity contribution < 1.29 is 27.5 Å². The van der Waals surface area contributed by atoms with Gasteiger partial charge in [-0.05, 0) is 44.5 Å². The van der Waals surface area contributed by atoms with Crippen molar-refractivity contribution in [1.82, 2.24) is 15.1 Å². The van der Waals surface area contributed by atoms with Gasteiger partial charge in [0.25, 0.3) is 0 Å². The molecule has 1 aromatic carbocycles. The zero-order chi connectivity index (χ0) is 22.6. The van der Waals surface area contributed by atoms with Crippen LogP contribution in [0.3, 0.4) is 0 Å². The zero-order valence-corrected chi connectivity index (χ0v) is 18.5. The second kappa shape index (κ2) is 9.48. The lowest BCUT2D eigenvalue weighted by Gasteiger charge is -2.12. The molecule has 2 heterocycles. The average molecular weight is 451 g/mol. The number of amides is 2. The van der Waals surface area contributed by atoms with Gasteiger partial charge in [0.15, 0.2) is 9.84 Å². The van der Waals surface area contributed by atoms with E-state index in [-0.39, 0.29) is 30.0 Å². The van der Waals surface area contributed by atoms with Gasteiger partial charge >= 0.3 is 11.8 Å². The third kappa shape index (κ3) is 5.61. The van der Waals surface area contributed by atoms with Crippen molar-refractivity contribution in [2.75, 3.05) is 25.6 Å². The molecule has 10 nitrogen and oxygen atoms in total. The maximum Gasteiger partial charge on any atom is 0.314 e. The number of anilines is 1. The largest absolute Gasteiger partial charge is 0.497 e. The van der Waals surface area contributed by atoms with E-state index < -0.39 is 21.7 Å². The van der Waals surface area contributed by atoms with Gasteiger partial charge in [0.05, 0.1) is 36.1 Å².